The van der Waals surface area contributed by atoms with Crippen LogP contribution in [0.2, 0.25) is 0 Å². The van der Waals surface area contributed by atoms with E-state index < -0.39 is 26.5 Å². The molecule has 0 radical (unpaired) electrons. The molecule has 0 aromatic heterocycles. The van der Waals surface area contributed by atoms with E-state index in [0.29, 0.717) is 17.4 Å². The number of phosphoric acid groups is 1. The van der Waals surface area contributed by atoms with Crippen molar-refractivity contribution in [1.82, 2.24) is 0 Å². The van der Waals surface area contributed by atoms with Gasteiger partial charge in [0.15, 0.2) is 6.10 Å². The molecule has 9 nitrogen and oxygen atoms in total. The zero-order chi connectivity index (χ0) is 54.9. The lowest BCUT2D eigenvalue weighted by Crippen LogP contribution is -2.37. The van der Waals surface area contributed by atoms with Crippen molar-refractivity contribution in [2.75, 3.05) is 47.5 Å². The Bertz CT molecular complexity index is 1360. The van der Waals surface area contributed by atoms with Gasteiger partial charge in [-0.1, -0.05) is 294 Å². The van der Waals surface area contributed by atoms with E-state index in [0.717, 1.165) is 64.2 Å². The molecule has 0 saturated carbocycles. The smallest absolute Gasteiger partial charge is 0.306 e. The third-order valence-corrected chi connectivity index (χ3v) is 15.4. The van der Waals surface area contributed by atoms with E-state index >= 15 is 0 Å². The fraction of sp³-hybridized carbons (Fsp3) is 0.877. The molecule has 0 bridgehead atoms. The molecule has 0 rings (SSSR count). The molecule has 0 aliphatic carbocycles. The molecule has 0 fully saturated rings. The molecule has 10 heteroatoms. The summed E-state index contributed by atoms with van der Waals surface area (Å²) in [4.78, 5) is 37.9. The number of carbonyl (C=O) groups is 2. The number of allylic oxidation sites excluding steroid dienone is 6. The number of ether oxygens (including phenoxy) is 2. The topological polar surface area (TPSA) is 111 Å². The summed E-state index contributed by atoms with van der Waals surface area (Å²) in [5.74, 6) is -0.831. The Morgan fingerprint density at radius 3 is 1.13 bits per heavy atom. The van der Waals surface area contributed by atoms with Gasteiger partial charge < -0.3 is 27.9 Å². The number of carbonyl (C=O) groups excluding carboxylic acids is 2. The molecular formula is C65H124NO8P. The number of hydrogen-bond donors (Lipinski definition) is 0. The highest BCUT2D eigenvalue weighted by atomic mass is 31.2. The van der Waals surface area contributed by atoms with E-state index in [9.17, 15) is 19.0 Å². The monoisotopic (exact) mass is 1080 g/mol. The summed E-state index contributed by atoms with van der Waals surface area (Å²) in [7, 11) is 1.17. The molecule has 0 heterocycles. The van der Waals surface area contributed by atoms with Crippen LogP contribution in [0.5, 0.6) is 0 Å². The maximum Gasteiger partial charge on any atom is 0.306 e. The minimum atomic E-state index is -4.64. The van der Waals surface area contributed by atoms with Crippen molar-refractivity contribution in [1.29, 1.82) is 0 Å². The molecule has 0 aromatic rings. The number of likely N-dealkylation sites (N-methyl/N-ethyl adjacent to an activating group) is 1. The van der Waals surface area contributed by atoms with Crippen LogP contribution < -0.4 is 4.89 Å². The van der Waals surface area contributed by atoms with Gasteiger partial charge in [0.05, 0.1) is 27.7 Å². The average molecular weight is 1080 g/mol. The molecule has 0 spiro atoms. The van der Waals surface area contributed by atoms with Crippen LogP contribution in [0.3, 0.4) is 0 Å². The molecule has 442 valence electrons. The lowest BCUT2D eigenvalue weighted by molar-refractivity contribution is -0.870. The van der Waals surface area contributed by atoms with E-state index in [4.69, 9.17) is 18.5 Å². The van der Waals surface area contributed by atoms with Gasteiger partial charge in [0.1, 0.15) is 19.8 Å². The van der Waals surface area contributed by atoms with Gasteiger partial charge in [0.25, 0.3) is 7.82 Å². The highest BCUT2D eigenvalue weighted by Gasteiger charge is 2.22. The van der Waals surface area contributed by atoms with E-state index in [1.54, 1.807) is 0 Å². The summed E-state index contributed by atoms with van der Waals surface area (Å²) in [5, 5.41) is 0. The Balaban J connectivity index is 3.94. The van der Waals surface area contributed by atoms with Gasteiger partial charge in [-0.05, 0) is 44.9 Å². The highest BCUT2D eigenvalue weighted by Crippen LogP contribution is 2.38. The van der Waals surface area contributed by atoms with Gasteiger partial charge >= 0.3 is 11.9 Å². The predicted molar refractivity (Wildman–Crippen MR) is 319 cm³/mol. The maximum atomic E-state index is 12.8. The van der Waals surface area contributed by atoms with Crippen molar-refractivity contribution in [2.45, 2.75) is 322 Å². The van der Waals surface area contributed by atoms with Gasteiger partial charge in [-0.15, -0.1) is 0 Å². The number of nitrogens with zero attached hydrogens (tertiary/aromatic N) is 1. The largest absolute Gasteiger partial charge is 0.756 e. The van der Waals surface area contributed by atoms with Crippen molar-refractivity contribution < 1.29 is 42.1 Å². The molecule has 0 saturated heterocycles. The zero-order valence-corrected chi connectivity index (χ0v) is 51.2. The summed E-state index contributed by atoms with van der Waals surface area (Å²) < 4.78 is 34.2. The maximum absolute atomic E-state index is 12.8. The molecule has 75 heavy (non-hydrogen) atoms. The fourth-order valence-corrected chi connectivity index (χ4v) is 10.2. The predicted octanol–water partition coefficient (Wildman–Crippen LogP) is 19.7. The van der Waals surface area contributed by atoms with Crippen molar-refractivity contribution in [3.63, 3.8) is 0 Å². The zero-order valence-electron chi connectivity index (χ0n) is 50.3. The normalized spacial score (nSPS) is 13.4. The van der Waals surface area contributed by atoms with Crippen LogP contribution in [0.4, 0.5) is 0 Å². The highest BCUT2D eigenvalue weighted by molar-refractivity contribution is 7.45. The molecule has 0 aromatic carbocycles. The van der Waals surface area contributed by atoms with Crippen LogP contribution in [-0.4, -0.2) is 70.0 Å². The van der Waals surface area contributed by atoms with Crippen molar-refractivity contribution in [3.8, 4) is 0 Å². The first-order valence-electron chi connectivity index (χ1n) is 32.2. The second kappa shape index (κ2) is 56.9. The number of phosphoric ester groups is 1. The molecule has 2 atom stereocenters. The van der Waals surface area contributed by atoms with Crippen LogP contribution in [0.15, 0.2) is 36.5 Å². The van der Waals surface area contributed by atoms with Gasteiger partial charge in [0, 0.05) is 12.8 Å². The molecule has 0 aliphatic heterocycles. The molecule has 0 amide bonds. The van der Waals surface area contributed by atoms with Gasteiger partial charge in [0.2, 0.25) is 0 Å². The van der Waals surface area contributed by atoms with Crippen LogP contribution in [-0.2, 0) is 32.7 Å². The van der Waals surface area contributed by atoms with Crippen LogP contribution >= 0.6 is 7.82 Å². The summed E-state index contributed by atoms with van der Waals surface area (Å²) >= 11 is 0. The third-order valence-electron chi connectivity index (χ3n) is 14.4. The standard InChI is InChI=1S/C65H124NO8P/c1-6-8-10-12-14-16-18-20-22-24-25-26-27-28-29-30-31-32-33-34-35-36-37-38-39-40-42-43-45-47-49-51-53-55-57-64(67)71-61-63(62-73-75(69,70)72-60-59-66(3,4)5)74-65(68)58-56-54-52-50-48-46-44-41-23-21-19-17-15-13-11-9-7-2/h9,11,15,17,21,23,63H,6-8,10,12-14,16,18-20,22,24-62H2,1-5H3/b11-9-,17-15-,23-21-. The third kappa shape index (κ3) is 61.3. The van der Waals surface area contributed by atoms with Gasteiger partial charge in [-0.2, -0.15) is 0 Å². The summed E-state index contributed by atoms with van der Waals surface area (Å²) in [6.45, 7) is 4.16. The Kier molecular flexibility index (Phi) is 55.6. The average Bonchev–Trinajstić information content (AvgIpc) is 3.37. The first-order valence-corrected chi connectivity index (χ1v) is 33.7. The van der Waals surface area contributed by atoms with Crippen molar-refractivity contribution in [3.05, 3.63) is 36.5 Å². The Hall–Kier alpha value is -1.77. The molecule has 0 N–H and O–H groups in total. The van der Waals surface area contributed by atoms with E-state index in [1.165, 1.54) is 218 Å². The van der Waals surface area contributed by atoms with E-state index in [1.807, 2.05) is 21.1 Å². The lowest BCUT2D eigenvalue weighted by Gasteiger charge is -2.28. The summed E-state index contributed by atoms with van der Waals surface area (Å²) in [5.41, 5.74) is 0. The fourth-order valence-electron chi connectivity index (χ4n) is 9.50. The number of rotatable bonds is 60. The number of unbranched alkanes of at least 4 members (excludes halogenated alkanes) is 40. The number of hydrogen-bond acceptors (Lipinski definition) is 8. The van der Waals surface area contributed by atoms with Crippen LogP contribution in [0.25, 0.3) is 0 Å². The van der Waals surface area contributed by atoms with Crippen LogP contribution in [0, 0.1) is 0 Å². The Morgan fingerprint density at radius 2 is 0.760 bits per heavy atom. The lowest BCUT2D eigenvalue weighted by atomic mass is 10.0. The van der Waals surface area contributed by atoms with Crippen molar-refractivity contribution >= 4 is 19.8 Å². The van der Waals surface area contributed by atoms with Gasteiger partial charge in [-0.25, -0.2) is 0 Å². The minimum absolute atomic E-state index is 0.0318. The second-order valence-electron chi connectivity index (χ2n) is 23.1. The first-order chi connectivity index (χ1) is 36.5. The van der Waals surface area contributed by atoms with E-state index in [-0.39, 0.29) is 32.0 Å². The first kappa shape index (κ1) is 73.2. The summed E-state index contributed by atoms with van der Waals surface area (Å²) in [6.07, 6.45) is 70.9. The van der Waals surface area contributed by atoms with Gasteiger partial charge in [-0.3, -0.25) is 14.2 Å². The molecule has 0 aliphatic rings. The minimum Gasteiger partial charge on any atom is -0.756 e. The second-order valence-corrected chi connectivity index (χ2v) is 24.5. The summed E-state index contributed by atoms with van der Waals surface area (Å²) in [6, 6.07) is 0. The Morgan fingerprint density at radius 1 is 0.427 bits per heavy atom. The van der Waals surface area contributed by atoms with Crippen molar-refractivity contribution in [2.24, 2.45) is 0 Å². The molecule has 2 unspecified atom stereocenters. The SMILES string of the molecule is CC/C=C\C/C=C\C/C=C\CCCCCCCCCC(=O)OC(COC(=O)CCCCCCCCCCCCCCCCCCCCCCCCCCCCCCCCCCCC)COP(=O)([O-])OCC[N+](C)(C)C. The quantitative estimate of drug-likeness (QED) is 0.0195. The number of esters is 2. The van der Waals surface area contributed by atoms with E-state index in [2.05, 4.69) is 50.3 Å². The molecular weight excluding hydrogens is 954 g/mol. The van der Waals surface area contributed by atoms with Crippen LogP contribution in [0.1, 0.15) is 316 Å². The number of quaternary nitrogens is 1. The Labute approximate surface area is 465 Å².